The fraction of sp³-hybridized carbons (Fsp3) is 0.462. The van der Waals surface area contributed by atoms with Gasteiger partial charge in [-0.15, -0.1) is 0 Å². The first-order chi connectivity index (χ1) is 16.2. The lowest BCUT2D eigenvalue weighted by molar-refractivity contribution is -0.142. The maximum atomic E-state index is 13.3. The highest BCUT2D eigenvalue weighted by atomic mass is 79.9. The lowest BCUT2D eigenvalue weighted by Crippen LogP contribution is -2.50. The Kier molecular flexibility index (Phi) is 9.69. The van der Waals surface area contributed by atoms with E-state index in [-0.39, 0.29) is 31.0 Å². The number of benzene rings is 2. The minimum atomic E-state index is -0.712. The lowest BCUT2D eigenvalue weighted by atomic mass is 10.0. The number of halogens is 3. The van der Waals surface area contributed by atoms with Gasteiger partial charge in [0.15, 0.2) is 6.61 Å². The van der Waals surface area contributed by atoms with E-state index < -0.39 is 6.04 Å². The van der Waals surface area contributed by atoms with Crippen LogP contribution >= 0.6 is 39.1 Å². The second kappa shape index (κ2) is 12.3. The summed E-state index contributed by atoms with van der Waals surface area (Å²) in [5.41, 5.74) is 1.76. The third-order valence-corrected chi connectivity index (χ3v) is 7.56. The molecule has 0 heterocycles. The van der Waals surface area contributed by atoms with E-state index in [0.717, 1.165) is 35.7 Å². The summed E-state index contributed by atoms with van der Waals surface area (Å²) in [6, 6.07) is 10.4. The van der Waals surface area contributed by atoms with Gasteiger partial charge in [0.25, 0.3) is 5.91 Å². The molecule has 2 aromatic carbocycles. The summed E-state index contributed by atoms with van der Waals surface area (Å²) in [7, 11) is 0. The Bertz CT molecular complexity index is 1000. The maximum absolute atomic E-state index is 13.3. The summed E-state index contributed by atoms with van der Waals surface area (Å²) in [5, 5.41) is 3.97. The Hall–Kier alpha value is -1.76. The summed E-state index contributed by atoms with van der Waals surface area (Å²) < 4.78 is 6.62. The molecule has 0 aliphatic heterocycles. The molecule has 3 rings (SSSR count). The Morgan fingerprint density at radius 2 is 1.76 bits per heavy atom. The first kappa shape index (κ1) is 26.8. The van der Waals surface area contributed by atoms with Gasteiger partial charge in [0.05, 0.1) is 4.47 Å². The van der Waals surface area contributed by atoms with Crippen LogP contribution in [-0.2, 0) is 16.1 Å². The molecule has 34 heavy (non-hydrogen) atoms. The van der Waals surface area contributed by atoms with Crippen LogP contribution in [0.1, 0.15) is 63.5 Å². The smallest absolute Gasteiger partial charge is 0.261 e. The zero-order valence-corrected chi connectivity index (χ0v) is 22.8. The SMILES string of the molecule is CC(C)c1ccc(OCC(=O)N(Cc2c(Cl)cccc2Cl)[C@@H](C)C(=O)NC2CCCC2)c(Br)c1. The third-order valence-electron chi connectivity index (χ3n) is 6.23. The highest BCUT2D eigenvalue weighted by Crippen LogP contribution is 2.30. The minimum absolute atomic E-state index is 0.105. The number of hydrogen-bond donors (Lipinski definition) is 1. The highest BCUT2D eigenvalue weighted by molar-refractivity contribution is 9.10. The number of carbonyl (C=O) groups excluding carboxylic acids is 2. The normalized spacial score (nSPS) is 14.8. The van der Waals surface area contributed by atoms with Crippen LogP contribution in [0.5, 0.6) is 5.75 Å². The van der Waals surface area contributed by atoms with Gasteiger partial charge in [0.1, 0.15) is 11.8 Å². The van der Waals surface area contributed by atoms with E-state index in [9.17, 15) is 9.59 Å². The molecule has 0 bridgehead atoms. The van der Waals surface area contributed by atoms with Crippen LogP contribution in [0.2, 0.25) is 10.0 Å². The fourth-order valence-electron chi connectivity index (χ4n) is 4.04. The second-order valence-electron chi connectivity index (χ2n) is 9.02. The first-order valence-electron chi connectivity index (χ1n) is 11.6. The van der Waals surface area contributed by atoms with Gasteiger partial charge in [-0.1, -0.05) is 62.0 Å². The monoisotopic (exact) mass is 568 g/mol. The van der Waals surface area contributed by atoms with Gasteiger partial charge >= 0.3 is 0 Å². The highest BCUT2D eigenvalue weighted by Gasteiger charge is 2.29. The fourth-order valence-corrected chi connectivity index (χ4v) is 5.07. The van der Waals surface area contributed by atoms with Crippen LogP contribution in [0.3, 0.4) is 0 Å². The number of hydrogen-bond acceptors (Lipinski definition) is 3. The van der Waals surface area contributed by atoms with Crippen molar-refractivity contribution in [2.75, 3.05) is 6.61 Å². The standard InChI is InChI=1S/C26H31BrCl2N2O3/c1-16(2)18-11-12-24(21(27)13-18)34-15-25(32)31(14-20-22(28)9-6-10-23(20)29)17(3)26(33)30-19-7-4-5-8-19/h6,9-13,16-17,19H,4-5,7-8,14-15H2,1-3H3,(H,30,33)/t17-/m0/s1. The van der Waals surface area contributed by atoms with Gasteiger partial charge in [-0.2, -0.15) is 0 Å². The van der Waals surface area contributed by atoms with Crippen molar-refractivity contribution in [3.63, 3.8) is 0 Å². The Morgan fingerprint density at radius 1 is 1.12 bits per heavy atom. The number of ether oxygens (including phenoxy) is 1. The van der Waals surface area contributed by atoms with Gasteiger partial charge < -0.3 is 15.0 Å². The van der Waals surface area contributed by atoms with Gasteiger partial charge in [0, 0.05) is 28.2 Å². The number of nitrogens with zero attached hydrogens (tertiary/aromatic N) is 1. The molecule has 0 aromatic heterocycles. The van der Waals surface area contributed by atoms with E-state index in [4.69, 9.17) is 27.9 Å². The Balaban J connectivity index is 1.77. The maximum Gasteiger partial charge on any atom is 0.261 e. The van der Waals surface area contributed by atoms with Crippen molar-refractivity contribution in [1.29, 1.82) is 0 Å². The quantitative estimate of drug-likeness (QED) is 0.364. The van der Waals surface area contributed by atoms with Gasteiger partial charge in [0.2, 0.25) is 5.91 Å². The molecule has 2 amide bonds. The molecule has 1 N–H and O–H groups in total. The van der Waals surface area contributed by atoms with Crippen LogP contribution in [0.25, 0.3) is 0 Å². The molecule has 1 aliphatic carbocycles. The molecule has 2 aromatic rings. The second-order valence-corrected chi connectivity index (χ2v) is 10.7. The predicted octanol–water partition coefficient (Wildman–Crippen LogP) is 6.73. The molecule has 1 atom stereocenters. The van der Waals surface area contributed by atoms with Crippen molar-refractivity contribution < 1.29 is 14.3 Å². The molecule has 1 fully saturated rings. The molecule has 1 aliphatic rings. The largest absolute Gasteiger partial charge is 0.483 e. The Morgan fingerprint density at radius 3 is 2.35 bits per heavy atom. The van der Waals surface area contributed by atoms with Crippen LogP contribution in [0.15, 0.2) is 40.9 Å². The lowest BCUT2D eigenvalue weighted by Gasteiger charge is -2.30. The van der Waals surface area contributed by atoms with Crippen molar-refractivity contribution in [2.45, 2.75) is 71.0 Å². The van der Waals surface area contributed by atoms with Crippen molar-refractivity contribution in [3.8, 4) is 5.75 Å². The molecular formula is C26H31BrCl2N2O3. The molecule has 8 heteroatoms. The number of amides is 2. The topological polar surface area (TPSA) is 58.6 Å². The van der Waals surface area contributed by atoms with E-state index in [1.54, 1.807) is 25.1 Å². The summed E-state index contributed by atoms with van der Waals surface area (Å²) in [6.07, 6.45) is 4.14. The molecule has 184 valence electrons. The molecular weight excluding hydrogens is 539 g/mol. The van der Waals surface area contributed by atoms with Crippen molar-refractivity contribution in [2.24, 2.45) is 0 Å². The number of rotatable bonds is 9. The van der Waals surface area contributed by atoms with Crippen LogP contribution in [0.4, 0.5) is 0 Å². The minimum Gasteiger partial charge on any atom is -0.483 e. The average Bonchev–Trinajstić information content (AvgIpc) is 3.30. The molecule has 0 saturated heterocycles. The summed E-state index contributed by atoms with van der Waals surface area (Å²) in [4.78, 5) is 27.8. The first-order valence-corrected chi connectivity index (χ1v) is 13.2. The van der Waals surface area contributed by atoms with Gasteiger partial charge in [-0.3, -0.25) is 9.59 Å². The van der Waals surface area contributed by atoms with E-state index >= 15 is 0 Å². The van der Waals surface area contributed by atoms with E-state index in [0.29, 0.717) is 27.3 Å². The number of nitrogens with one attached hydrogen (secondary N) is 1. The summed E-state index contributed by atoms with van der Waals surface area (Å²) >= 11 is 16.3. The van der Waals surface area contributed by atoms with Crippen molar-refractivity contribution in [3.05, 3.63) is 62.0 Å². The predicted molar refractivity (Wildman–Crippen MR) is 141 cm³/mol. The summed E-state index contributed by atoms with van der Waals surface area (Å²) in [6.45, 7) is 5.83. The van der Waals surface area contributed by atoms with Crippen LogP contribution < -0.4 is 10.1 Å². The zero-order valence-electron chi connectivity index (χ0n) is 19.7. The van der Waals surface area contributed by atoms with Gasteiger partial charge in [-0.05, 0) is 71.4 Å². The van der Waals surface area contributed by atoms with E-state index in [1.807, 2.05) is 18.2 Å². The van der Waals surface area contributed by atoms with Crippen molar-refractivity contribution >= 4 is 50.9 Å². The summed E-state index contributed by atoms with van der Waals surface area (Å²) in [5.74, 6) is 0.425. The molecule has 5 nitrogen and oxygen atoms in total. The molecule has 0 unspecified atom stereocenters. The number of carbonyl (C=O) groups is 2. The van der Waals surface area contributed by atoms with Crippen LogP contribution in [0, 0.1) is 0 Å². The van der Waals surface area contributed by atoms with E-state index in [2.05, 4.69) is 35.1 Å². The zero-order chi connectivity index (χ0) is 24.8. The average molecular weight is 570 g/mol. The van der Waals surface area contributed by atoms with Gasteiger partial charge in [-0.25, -0.2) is 0 Å². The molecule has 0 spiro atoms. The third kappa shape index (κ3) is 6.89. The molecule has 0 radical (unpaired) electrons. The van der Waals surface area contributed by atoms with Crippen LogP contribution in [-0.4, -0.2) is 35.4 Å². The van der Waals surface area contributed by atoms with Crippen molar-refractivity contribution in [1.82, 2.24) is 10.2 Å². The van der Waals surface area contributed by atoms with E-state index in [1.165, 1.54) is 4.90 Å². The Labute approximate surface area is 220 Å². The molecule has 1 saturated carbocycles.